The Morgan fingerprint density at radius 1 is 0.460 bits per heavy atom. The minimum Gasteiger partial charge on any atom is -0.462 e. The lowest BCUT2D eigenvalue weighted by Crippen LogP contribution is -2.30. The Hall–Kier alpha value is -2.40. The van der Waals surface area contributed by atoms with E-state index >= 15 is 0 Å². The normalized spacial score (nSPS) is 12.8. The van der Waals surface area contributed by atoms with E-state index in [0.29, 0.717) is 19.4 Å². The molecule has 0 N–H and O–H groups in total. The largest absolute Gasteiger partial charge is 0.462 e. The summed E-state index contributed by atoms with van der Waals surface area (Å²) < 4.78 is 17.0. The van der Waals surface area contributed by atoms with Crippen LogP contribution in [-0.4, -0.2) is 37.9 Å². The molecule has 0 saturated heterocycles. The highest BCUT2D eigenvalue weighted by Gasteiger charge is 2.17. The van der Waals surface area contributed by atoms with E-state index in [4.69, 9.17) is 14.2 Å². The van der Waals surface area contributed by atoms with Crippen molar-refractivity contribution in [2.45, 2.75) is 194 Å². The van der Waals surface area contributed by atoms with E-state index in [0.717, 1.165) is 70.6 Å². The molecule has 0 rings (SSSR count). The Labute approximate surface area is 309 Å². The van der Waals surface area contributed by atoms with E-state index in [2.05, 4.69) is 81.5 Å². The molecule has 0 saturated carbocycles. The lowest BCUT2D eigenvalue weighted by atomic mass is 10.0. The summed E-state index contributed by atoms with van der Waals surface area (Å²) in [5.74, 6) is -0.451. The average molecular weight is 699 g/mol. The van der Waals surface area contributed by atoms with Gasteiger partial charge in [-0.3, -0.25) is 9.59 Å². The zero-order chi connectivity index (χ0) is 36.4. The van der Waals surface area contributed by atoms with Gasteiger partial charge in [-0.15, -0.1) is 0 Å². The number of allylic oxidation sites excluding steroid dienone is 9. The molecule has 0 aromatic heterocycles. The molecule has 50 heavy (non-hydrogen) atoms. The molecule has 0 aromatic rings. The van der Waals surface area contributed by atoms with Crippen molar-refractivity contribution in [1.29, 1.82) is 0 Å². The summed E-state index contributed by atoms with van der Waals surface area (Å²) in [6.07, 6.45) is 49.7. The first-order valence-corrected chi connectivity index (χ1v) is 20.8. The highest BCUT2D eigenvalue weighted by Crippen LogP contribution is 2.14. The summed E-state index contributed by atoms with van der Waals surface area (Å²) in [4.78, 5) is 24.9. The highest BCUT2D eigenvalue weighted by atomic mass is 16.6. The van der Waals surface area contributed by atoms with Gasteiger partial charge in [-0.05, 0) is 51.4 Å². The summed E-state index contributed by atoms with van der Waals surface area (Å²) in [7, 11) is 0. The molecule has 288 valence electrons. The number of esters is 2. The van der Waals surface area contributed by atoms with Gasteiger partial charge in [0.15, 0.2) is 6.10 Å². The van der Waals surface area contributed by atoms with Gasteiger partial charge in [0.1, 0.15) is 6.61 Å². The van der Waals surface area contributed by atoms with Crippen molar-refractivity contribution in [2.75, 3.05) is 19.8 Å². The van der Waals surface area contributed by atoms with Gasteiger partial charge in [-0.1, -0.05) is 184 Å². The Morgan fingerprint density at radius 3 is 1.32 bits per heavy atom. The van der Waals surface area contributed by atoms with Crippen LogP contribution in [-0.2, 0) is 23.8 Å². The van der Waals surface area contributed by atoms with Crippen molar-refractivity contribution in [2.24, 2.45) is 0 Å². The third-order valence-electron chi connectivity index (χ3n) is 8.59. The van der Waals surface area contributed by atoms with Crippen LogP contribution in [0.5, 0.6) is 0 Å². The average Bonchev–Trinajstić information content (AvgIpc) is 3.11. The Morgan fingerprint density at radius 2 is 0.860 bits per heavy atom. The van der Waals surface area contributed by atoms with E-state index in [9.17, 15) is 9.59 Å². The molecular weight excluding hydrogens is 620 g/mol. The van der Waals surface area contributed by atoms with Gasteiger partial charge in [0.25, 0.3) is 0 Å². The molecule has 0 fully saturated rings. The lowest BCUT2D eigenvalue weighted by Gasteiger charge is -2.18. The van der Waals surface area contributed by atoms with Crippen molar-refractivity contribution in [1.82, 2.24) is 0 Å². The summed E-state index contributed by atoms with van der Waals surface area (Å²) >= 11 is 0. The number of carbonyl (C=O) groups is 2. The molecule has 5 heteroatoms. The zero-order valence-electron chi connectivity index (χ0n) is 32.9. The number of unbranched alkanes of at least 4 members (excludes halogenated alkanes) is 16. The van der Waals surface area contributed by atoms with E-state index < -0.39 is 6.10 Å². The molecule has 0 heterocycles. The summed E-state index contributed by atoms with van der Waals surface area (Å²) in [6, 6.07) is 0. The van der Waals surface area contributed by atoms with Crippen LogP contribution in [0.2, 0.25) is 0 Å². The van der Waals surface area contributed by atoms with E-state index in [1.807, 2.05) is 0 Å². The Bertz CT molecular complexity index is 884. The number of hydrogen-bond donors (Lipinski definition) is 0. The maximum Gasteiger partial charge on any atom is 0.306 e. The van der Waals surface area contributed by atoms with Gasteiger partial charge in [-0.25, -0.2) is 0 Å². The second-order valence-corrected chi connectivity index (χ2v) is 13.5. The standard InChI is InChI=1S/C45H78O5/c1-4-7-10-13-15-17-19-21-22-23-25-27-29-31-34-37-40-48-41-43(50-45(47)39-36-32-12-9-6-3)42-49-44(46)38-35-33-30-28-26-24-20-18-16-14-11-8-5-2/h7,10,15,17,21-22,25,27,31,34,43H,4-6,8-9,11-14,16,18-20,23-24,26,28-30,32-33,35-42H2,1-3H3/b10-7-,17-15-,22-21-,27-25-,34-31-. The fraction of sp³-hybridized carbons (Fsp3) is 0.733. The monoisotopic (exact) mass is 699 g/mol. The van der Waals surface area contributed by atoms with E-state index in [-0.39, 0.29) is 25.2 Å². The van der Waals surface area contributed by atoms with Crippen molar-refractivity contribution in [3.8, 4) is 0 Å². The van der Waals surface area contributed by atoms with E-state index in [1.165, 1.54) is 83.5 Å². The quantitative estimate of drug-likeness (QED) is 0.0367. The molecule has 0 aliphatic rings. The summed E-state index contributed by atoms with van der Waals surface area (Å²) in [5.41, 5.74) is 0. The fourth-order valence-electron chi connectivity index (χ4n) is 5.51. The Kier molecular flexibility index (Phi) is 39.1. The number of rotatable bonds is 37. The molecule has 0 bridgehead atoms. The predicted molar refractivity (Wildman–Crippen MR) is 214 cm³/mol. The number of carbonyl (C=O) groups excluding carboxylic acids is 2. The molecule has 0 radical (unpaired) electrons. The van der Waals surface area contributed by atoms with Crippen LogP contribution in [0.4, 0.5) is 0 Å². The van der Waals surface area contributed by atoms with Gasteiger partial charge in [-0.2, -0.15) is 0 Å². The number of ether oxygens (including phenoxy) is 3. The van der Waals surface area contributed by atoms with Gasteiger partial charge >= 0.3 is 11.9 Å². The molecule has 1 unspecified atom stereocenters. The van der Waals surface area contributed by atoms with Crippen LogP contribution in [0.25, 0.3) is 0 Å². The Balaban J connectivity index is 4.21. The van der Waals surface area contributed by atoms with Gasteiger partial charge < -0.3 is 14.2 Å². The van der Waals surface area contributed by atoms with Crippen LogP contribution >= 0.6 is 0 Å². The fourth-order valence-corrected chi connectivity index (χ4v) is 5.51. The van der Waals surface area contributed by atoms with Crippen LogP contribution in [0.1, 0.15) is 188 Å². The molecule has 0 aliphatic heterocycles. The summed E-state index contributed by atoms with van der Waals surface area (Å²) in [6.45, 7) is 7.42. The van der Waals surface area contributed by atoms with Gasteiger partial charge in [0, 0.05) is 12.8 Å². The molecule has 0 amide bonds. The lowest BCUT2D eigenvalue weighted by molar-refractivity contribution is -0.162. The second-order valence-electron chi connectivity index (χ2n) is 13.5. The molecule has 5 nitrogen and oxygen atoms in total. The van der Waals surface area contributed by atoms with Crippen molar-refractivity contribution in [3.05, 3.63) is 60.8 Å². The van der Waals surface area contributed by atoms with Crippen LogP contribution in [0.15, 0.2) is 60.8 Å². The van der Waals surface area contributed by atoms with Gasteiger partial charge in [0.2, 0.25) is 0 Å². The maximum absolute atomic E-state index is 12.5. The van der Waals surface area contributed by atoms with Crippen molar-refractivity contribution >= 4 is 11.9 Å². The van der Waals surface area contributed by atoms with Crippen LogP contribution in [0, 0.1) is 0 Å². The van der Waals surface area contributed by atoms with Crippen molar-refractivity contribution in [3.63, 3.8) is 0 Å². The first kappa shape index (κ1) is 47.6. The van der Waals surface area contributed by atoms with Crippen LogP contribution < -0.4 is 0 Å². The maximum atomic E-state index is 12.5. The van der Waals surface area contributed by atoms with Crippen molar-refractivity contribution < 1.29 is 23.8 Å². The third-order valence-corrected chi connectivity index (χ3v) is 8.59. The zero-order valence-corrected chi connectivity index (χ0v) is 32.9. The second kappa shape index (κ2) is 41.0. The first-order valence-electron chi connectivity index (χ1n) is 20.8. The van der Waals surface area contributed by atoms with E-state index in [1.54, 1.807) is 0 Å². The third kappa shape index (κ3) is 38.4. The van der Waals surface area contributed by atoms with Crippen LogP contribution in [0.3, 0.4) is 0 Å². The minimum atomic E-state index is -0.568. The molecule has 1 atom stereocenters. The minimum absolute atomic E-state index is 0.0561. The first-order chi connectivity index (χ1) is 24.6. The smallest absolute Gasteiger partial charge is 0.306 e. The summed E-state index contributed by atoms with van der Waals surface area (Å²) in [5, 5.41) is 0. The topological polar surface area (TPSA) is 61.8 Å². The predicted octanol–water partition coefficient (Wildman–Crippen LogP) is 13.4. The van der Waals surface area contributed by atoms with Gasteiger partial charge in [0.05, 0.1) is 13.2 Å². The molecular formula is C45H78O5. The molecule has 0 spiro atoms. The molecule has 0 aliphatic carbocycles. The SMILES string of the molecule is CC/C=C\C/C=C\C/C=C\C/C=C\C/C=C\CCOCC(COC(=O)CCCCCCCCCCCCCCC)OC(=O)CCCCCCC. The number of hydrogen-bond acceptors (Lipinski definition) is 5. The molecule has 0 aromatic carbocycles. The highest BCUT2D eigenvalue weighted by molar-refractivity contribution is 5.70.